The zero-order valence-electron chi connectivity index (χ0n) is 11.2. The molecule has 0 saturated carbocycles. The molecule has 2 aromatic rings. The fourth-order valence-electron chi connectivity index (χ4n) is 1.71. The fraction of sp³-hybridized carbons (Fsp3) is 0.133. The van der Waals surface area contributed by atoms with Gasteiger partial charge in [-0.3, -0.25) is 0 Å². The molecule has 0 spiro atoms. The van der Waals surface area contributed by atoms with E-state index in [4.69, 9.17) is 26.8 Å². The first-order chi connectivity index (χ1) is 10.0. The first-order valence-electron chi connectivity index (χ1n) is 6.21. The van der Waals surface area contributed by atoms with Gasteiger partial charge in [0.25, 0.3) is 0 Å². The second-order valence-corrected chi connectivity index (χ2v) is 4.53. The molecule has 2 rings (SSSR count). The normalized spacial score (nSPS) is 10.2. The molecule has 0 aromatic heterocycles. The highest BCUT2D eigenvalue weighted by Crippen LogP contribution is 2.35. The summed E-state index contributed by atoms with van der Waals surface area (Å²) in [6.07, 6.45) is 0. The van der Waals surface area contributed by atoms with Crippen LogP contribution in [0.5, 0.6) is 11.5 Å². The summed E-state index contributed by atoms with van der Waals surface area (Å²) in [5.41, 5.74) is 6.26. The number of nitrogen functional groups attached to an aromatic ring is 1. The number of nitrogens with two attached hydrogens (primary N) is 1. The highest BCUT2D eigenvalue weighted by molar-refractivity contribution is 6.32. The highest BCUT2D eigenvalue weighted by atomic mass is 35.5. The van der Waals surface area contributed by atoms with Crippen molar-refractivity contribution in [3.05, 3.63) is 52.8 Å². The Kier molecular flexibility index (Phi) is 4.65. The van der Waals surface area contributed by atoms with Crippen LogP contribution in [0.4, 0.5) is 10.1 Å². The van der Waals surface area contributed by atoms with E-state index in [1.807, 2.05) is 0 Å². The van der Waals surface area contributed by atoms with Crippen LogP contribution in [0.1, 0.15) is 17.3 Å². The average Bonchev–Trinajstić information content (AvgIpc) is 2.43. The fourth-order valence-corrected chi connectivity index (χ4v) is 1.91. The van der Waals surface area contributed by atoms with Crippen molar-refractivity contribution in [2.24, 2.45) is 0 Å². The maximum atomic E-state index is 13.0. The van der Waals surface area contributed by atoms with E-state index in [2.05, 4.69) is 0 Å². The second kappa shape index (κ2) is 6.45. The molecule has 21 heavy (non-hydrogen) atoms. The number of rotatable bonds is 4. The zero-order chi connectivity index (χ0) is 15.4. The first kappa shape index (κ1) is 15.1. The van der Waals surface area contributed by atoms with Crippen molar-refractivity contribution < 1.29 is 18.7 Å². The maximum Gasteiger partial charge on any atom is 0.342 e. The SMILES string of the molecule is CCOC(=O)c1cccc(N)c1Oc1ccc(F)cc1Cl. The van der Waals surface area contributed by atoms with Crippen molar-refractivity contribution in [1.82, 2.24) is 0 Å². The quantitative estimate of drug-likeness (QED) is 0.684. The molecule has 2 N–H and O–H groups in total. The molecule has 0 fully saturated rings. The van der Waals surface area contributed by atoms with Crippen molar-refractivity contribution in [2.75, 3.05) is 12.3 Å². The number of anilines is 1. The molecule has 6 heteroatoms. The number of para-hydroxylation sites is 1. The van der Waals surface area contributed by atoms with Gasteiger partial charge < -0.3 is 15.2 Å². The predicted octanol–water partition coefficient (Wildman–Crippen LogP) is 4.03. The van der Waals surface area contributed by atoms with E-state index in [1.54, 1.807) is 19.1 Å². The van der Waals surface area contributed by atoms with Crippen LogP contribution >= 0.6 is 11.6 Å². The number of ether oxygens (including phenoxy) is 2. The van der Waals surface area contributed by atoms with Gasteiger partial charge in [0, 0.05) is 0 Å². The molecule has 0 unspecified atom stereocenters. The summed E-state index contributed by atoms with van der Waals surface area (Å²) in [5, 5.41) is 0.0769. The van der Waals surface area contributed by atoms with Gasteiger partial charge in [-0.15, -0.1) is 0 Å². The molecule has 0 aliphatic rings. The van der Waals surface area contributed by atoms with Gasteiger partial charge in [-0.25, -0.2) is 9.18 Å². The van der Waals surface area contributed by atoms with E-state index in [9.17, 15) is 9.18 Å². The molecular weight excluding hydrogens is 297 g/mol. The third-order valence-electron chi connectivity index (χ3n) is 2.65. The molecular formula is C15H13ClFNO3. The molecule has 0 aliphatic carbocycles. The summed E-state index contributed by atoms with van der Waals surface area (Å²) in [5.74, 6) is -0.719. The van der Waals surface area contributed by atoms with Crippen molar-refractivity contribution in [1.29, 1.82) is 0 Å². The third-order valence-corrected chi connectivity index (χ3v) is 2.94. The zero-order valence-corrected chi connectivity index (χ0v) is 12.0. The molecule has 0 bridgehead atoms. The van der Waals surface area contributed by atoms with E-state index < -0.39 is 11.8 Å². The smallest absolute Gasteiger partial charge is 0.342 e. The summed E-state index contributed by atoms with van der Waals surface area (Å²) in [7, 11) is 0. The molecule has 0 heterocycles. The second-order valence-electron chi connectivity index (χ2n) is 4.12. The Labute approximate surface area is 126 Å². The molecule has 2 aromatic carbocycles. The van der Waals surface area contributed by atoms with Crippen LogP contribution in [-0.4, -0.2) is 12.6 Å². The molecule has 110 valence electrons. The summed E-state index contributed by atoms with van der Waals surface area (Å²) in [6.45, 7) is 1.92. The molecule has 0 atom stereocenters. The molecule has 0 radical (unpaired) electrons. The van der Waals surface area contributed by atoms with Crippen molar-refractivity contribution in [3.63, 3.8) is 0 Å². The average molecular weight is 310 g/mol. The number of halogens is 2. The van der Waals surface area contributed by atoms with Crippen LogP contribution in [-0.2, 0) is 4.74 Å². The third kappa shape index (κ3) is 3.44. The van der Waals surface area contributed by atoms with E-state index in [-0.39, 0.29) is 34.4 Å². The van der Waals surface area contributed by atoms with E-state index in [0.717, 1.165) is 6.07 Å². The lowest BCUT2D eigenvalue weighted by Crippen LogP contribution is -2.08. The van der Waals surface area contributed by atoms with Crippen LogP contribution in [0.15, 0.2) is 36.4 Å². The Morgan fingerprint density at radius 1 is 1.33 bits per heavy atom. The Morgan fingerprint density at radius 2 is 2.10 bits per heavy atom. The Balaban J connectivity index is 2.41. The molecule has 0 aliphatic heterocycles. The topological polar surface area (TPSA) is 61.5 Å². The van der Waals surface area contributed by atoms with Crippen LogP contribution < -0.4 is 10.5 Å². The van der Waals surface area contributed by atoms with Gasteiger partial charge in [0.2, 0.25) is 0 Å². The van der Waals surface area contributed by atoms with Crippen molar-refractivity contribution in [3.8, 4) is 11.5 Å². The van der Waals surface area contributed by atoms with Gasteiger partial charge in [-0.2, -0.15) is 0 Å². The lowest BCUT2D eigenvalue weighted by molar-refractivity contribution is 0.0523. The van der Waals surface area contributed by atoms with E-state index in [0.29, 0.717) is 0 Å². The number of esters is 1. The predicted molar refractivity (Wildman–Crippen MR) is 78.3 cm³/mol. The number of carbonyl (C=O) groups excluding carboxylic acids is 1. The monoisotopic (exact) mass is 309 g/mol. The molecule has 4 nitrogen and oxygen atoms in total. The molecule has 0 amide bonds. The van der Waals surface area contributed by atoms with Gasteiger partial charge in [0.1, 0.15) is 17.1 Å². The number of carbonyl (C=O) groups is 1. The summed E-state index contributed by atoms with van der Waals surface area (Å²) < 4.78 is 23.5. The van der Waals surface area contributed by atoms with Crippen LogP contribution in [0.25, 0.3) is 0 Å². The Bertz CT molecular complexity index is 676. The minimum absolute atomic E-state index is 0.0769. The maximum absolute atomic E-state index is 13.0. The standard InChI is InChI=1S/C15H13ClFNO3/c1-2-20-15(19)10-4-3-5-12(18)14(10)21-13-7-6-9(17)8-11(13)16/h3-8H,2,18H2,1H3. The lowest BCUT2D eigenvalue weighted by Gasteiger charge is -2.13. The minimum atomic E-state index is -0.557. The lowest BCUT2D eigenvalue weighted by atomic mass is 10.1. The van der Waals surface area contributed by atoms with Crippen LogP contribution in [0.3, 0.4) is 0 Å². The number of hydrogen-bond donors (Lipinski definition) is 1. The van der Waals surface area contributed by atoms with Gasteiger partial charge >= 0.3 is 5.97 Å². The Hall–Kier alpha value is -2.27. The largest absolute Gasteiger partial charge is 0.462 e. The van der Waals surface area contributed by atoms with Gasteiger partial charge in [-0.05, 0) is 37.3 Å². The van der Waals surface area contributed by atoms with Crippen LogP contribution in [0.2, 0.25) is 5.02 Å². The van der Waals surface area contributed by atoms with Gasteiger partial charge in [0.05, 0.1) is 17.3 Å². The van der Waals surface area contributed by atoms with E-state index in [1.165, 1.54) is 18.2 Å². The van der Waals surface area contributed by atoms with E-state index >= 15 is 0 Å². The van der Waals surface area contributed by atoms with Crippen molar-refractivity contribution >= 4 is 23.3 Å². The van der Waals surface area contributed by atoms with Crippen LogP contribution in [0, 0.1) is 5.82 Å². The molecule has 0 saturated heterocycles. The number of benzene rings is 2. The summed E-state index contributed by atoms with van der Waals surface area (Å²) >= 11 is 5.90. The van der Waals surface area contributed by atoms with Crippen molar-refractivity contribution in [2.45, 2.75) is 6.92 Å². The highest BCUT2D eigenvalue weighted by Gasteiger charge is 2.18. The number of hydrogen-bond acceptors (Lipinski definition) is 4. The van der Waals surface area contributed by atoms with Gasteiger partial charge in [0.15, 0.2) is 5.75 Å². The minimum Gasteiger partial charge on any atom is -0.462 e. The first-order valence-corrected chi connectivity index (χ1v) is 6.59. The van der Waals surface area contributed by atoms with Gasteiger partial charge in [-0.1, -0.05) is 17.7 Å². The Morgan fingerprint density at radius 3 is 2.76 bits per heavy atom. The summed E-state index contributed by atoms with van der Waals surface area (Å²) in [4.78, 5) is 11.9. The summed E-state index contributed by atoms with van der Waals surface area (Å²) in [6, 6.07) is 8.39.